The number of aromatic nitrogens is 2. The van der Waals surface area contributed by atoms with Crippen LogP contribution in [0.5, 0.6) is 0 Å². The highest BCUT2D eigenvalue weighted by Crippen LogP contribution is 2.24. The highest BCUT2D eigenvalue weighted by molar-refractivity contribution is 7.16. The summed E-state index contributed by atoms with van der Waals surface area (Å²) in [6.07, 6.45) is 1.11. The third kappa shape index (κ3) is 1.70. The molecule has 0 radical (unpaired) electrons. The minimum Gasteiger partial charge on any atom is -0.369 e. The molecule has 0 amide bonds. The van der Waals surface area contributed by atoms with Crippen molar-refractivity contribution in [3.05, 3.63) is 17.3 Å². The molecule has 2 heterocycles. The molecule has 2 aromatic heterocycles. The SMILES string of the molecule is CCCNc1nc(C)nc2sccc12. The quantitative estimate of drug-likeness (QED) is 0.841. The molecule has 4 heteroatoms. The fourth-order valence-corrected chi connectivity index (χ4v) is 2.15. The third-order valence-corrected chi connectivity index (χ3v) is 2.79. The lowest BCUT2D eigenvalue weighted by atomic mass is 10.3. The van der Waals surface area contributed by atoms with Gasteiger partial charge in [-0.25, -0.2) is 9.97 Å². The summed E-state index contributed by atoms with van der Waals surface area (Å²) in [5.74, 6) is 1.80. The summed E-state index contributed by atoms with van der Waals surface area (Å²) in [5, 5.41) is 6.50. The summed E-state index contributed by atoms with van der Waals surface area (Å²) in [7, 11) is 0. The third-order valence-electron chi connectivity index (χ3n) is 1.98. The molecule has 0 aromatic carbocycles. The minimum absolute atomic E-state index is 0.832. The summed E-state index contributed by atoms with van der Waals surface area (Å²) in [5.41, 5.74) is 0. The normalized spacial score (nSPS) is 10.7. The smallest absolute Gasteiger partial charge is 0.138 e. The number of anilines is 1. The second kappa shape index (κ2) is 3.92. The Morgan fingerprint density at radius 3 is 3.07 bits per heavy atom. The molecule has 74 valence electrons. The van der Waals surface area contributed by atoms with Gasteiger partial charge in [0.1, 0.15) is 16.5 Å². The molecule has 0 saturated carbocycles. The van der Waals surface area contributed by atoms with Crippen LogP contribution in [0.3, 0.4) is 0 Å². The highest BCUT2D eigenvalue weighted by Gasteiger charge is 2.05. The van der Waals surface area contributed by atoms with Gasteiger partial charge in [0.25, 0.3) is 0 Å². The van der Waals surface area contributed by atoms with Crippen LogP contribution in [0.1, 0.15) is 19.2 Å². The van der Waals surface area contributed by atoms with Crippen molar-refractivity contribution in [2.45, 2.75) is 20.3 Å². The Balaban J connectivity index is 2.44. The molecule has 0 bridgehead atoms. The largest absolute Gasteiger partial charge is 0.369 e. The van der Waals surface area contributed by atoms with E-state index in [2.05, 4.69) is 33.7 Å². The number of hydrogen-bond acceptors (Lipinski definition) is 4. The van der Waals surface area contributed by atoms with Crippen LogP contribution in [-0.4, -0.2) is 16.5 Å². The molecule has 3 nitrogen and oxygen atoms in total. The average molecular weight is 207 g/mol. The first-order chi connectivity index (χ1) is 6.81. The van der Waals surface area contributed by atoms with E-state index in [0.29, 0.717) is 0 Å². The van der Waals surface area contributed by atoms with Crippen LogP contribution in [0.4, 0.5) is 5.82 Å². The lowest BCUT2D eigenvalue weighted by molar-refractivity contribution is 0.963. The van der Waals surface area contributed by atoms with Crippen LogP contribution in [0, 0.1) is 6.92 Å². The predicted octanol–water partition coefficient (Wildman–Crippen LogP) is 2.82. The van der Waals surface area contributed by atoms with Crippen LogP contribution < -0.4 is 5.32 Å². The van der Waals surface area contributed by atoms with Crippen LogP contribution in [0.15, 0.2) is 11.4 Å². The Morgan fingerprint density at radius 2 is 2.29 bits per heavy atom. The van der Waals surface area contributed by atoms with Crippen molar-refractivity contribution >= 4 is 27.4 Å². The monoisotopic (exact) mass is 207 g/mol. The number of aryl methyl sites for hydroxylation is 1. The predicted molar refractivity (Wildman–Crippen MR) is 60.9 cm³/mol. The molecule has 0 saturated heterocycles. The van der Waals surface area contributed by atoms with Gasteiger partial charge in [0.2, 0.25) is 0 Å². The zero-order chi connectivity index (χ0) is 9.97. The van der Waals surface area contributed by atoms with Crippen molar-refractivity contribution in [3.8, 4) is 0 Å². The maximum atomic E-state index is 4.40. The molecule has 0 spiro atoms. The van der Waals surface area contributed by atoms with Crippen molar-refractivity contribution in [3.63, 3.8) is 0 Å². The van der Waals surface area contributed by atoms with E-state index < -0.39 is 0 Å². The standard InChI is InChI=1S/C10H13N3S/c1-3-5-11-9-8-4-6-14-10(8)13-7(2)12-9/h4,6H,3,5H2,1-2H3,(H,11,12,13). The molecule has 0 aliphatic carbocycles. The molecule has 2 aromatic rings. The van der Waals surface area contributed by atoms with E-state index in [1.807, 2.05) is 6.92 Å². The Labute approximate surface area is 87.2 Å². The van der Waals surface area contributed by atoms with Gasteiger partial charge in [0.05, 0.1) is 5.39 Å². The van der Waals surface area contributed by atoms with Crippen LogP contribution in [-0.2, 0) is 0 Å². The van der Waals surface area contributed by atoms with E-state index in [1.54, 1.807) is 11.3 Å². The lowest BCUT2D eigenvalue weighted by Gasteiger charge is -2.05. The zero-order valence-electron chi connectivity index (χ0n) is 8.37. The number of nitrogens with zero attached hydrogens (tertiary/aromatic N) is 2. The van der Waals surface area contributed by atoms with Crippen LogP contribution in [0.25, 0.3) is 10.2 Å². The fraction of sp³-hybridized carbons (Fsp3) is 0.400. The lowest BCUT2D eigenvalue weighted by Crippen LogP contribution is -2.03. The summed E-state index contributed by atoms with van der Waals surface area (Å²) < 4.78 is 0. The van der Waals surface area contributed by atoms with Crippen LogP contribution >= 0.6 is 11.3 Å². The summed E-state index contributed by atoms with van der Waals surface area (Å²) >= 11 is 1.66. The molecule has 14 heavy (non-hydrogen) atoms. The van der Waals surface area contributed by atoms with Crippen molar-refractivity contribution in [1.82, 2.24) is 9.97 Å². The Kier molecular flexibility index (Phi) is 2.63. The van der Waals surface area contributed by atoms with Gasteiger partial charge in [-0.2, -0.15) is 0 Å². The van der Waals surface area contributed by atoms with Gasteiger partial charge in [0, 0.05) is 6.54 Å². The van der Waals surface area contributed by atoms with Crippen molar-refractivity contribution < 1.29 is 0 Å². The second-order valence-corrected chi connectivity index (χ2v) is 4.08. The number of thiophene rings is 1. The van der Waals surface area contributed by atoms with Gasteiger partial charge < -0.3 is 5.32 Å². The van der Waals surface area contributed by atoms with Crippen LogP contribution in [0.2, 0.25) is 0 Å². The van der Waals surface area contributed by atoms with E-state index in [4.69, 9.17) is 0 Å². The Hall–Kier alpha value is -1.16. The van der Waals surface area contributed by atoms with E-state index in [1.165, 1.54) is 0 Å². The van der Waals surface area contributed by atoms with Gasteiger partial charge in [-0.15, -0.1) is 11.3 Å². The second-order valence-electron chi connectivity index (χ2n) is 3.19. The number of nitrogens with one attached hydrogen (secondary N) is 1. The van der Waals surface area contributed by atoms with Gasteiger partial charge >= 0.3 is 0 Å². The first-order valence-electron chi connectivity index (χ1n) is 4.77. The first-order valence-corrected chi connectivity index (χ1v) is 5.65. The molecular weight excluding hydrogens is 194 g/mol. The molecular formula is C10H13N3S. The summed E-state index contributed by atoms with van der Waals surface area (Å²) in [4.78, 5) is 9.83. The Morgan fingerprint density at radius 1 is 1.43 bits per heavy atom. The van der Waals surface area contributed by atoms with Crippen molar-refractivity contribution in [2.24, 2.45) is 0 Å². The van der Waals surface area contributed by atoms with Gasteiger partial charge in [-0.1, -0.05) is 6.92 Å². The highest BCUT2D eigenvalue weighted by atomic mass is 32.1. The molecule has 0 atom stereocenters. The van der Waals surface area contributed by atoms with E-state index in [-0.39, 0.29) is 0 Å². The summed E-state index contributed by atoms with van der Waals surface area (Å²) in [6.45, 7) is 5.03. The van der Waals surface area contributed by atoms with E-state index in [9.17, 15) is 0 Å². The molecule has 0 unspecified atom stereocenters. The Bertz CT molecular complexity index is 436. The molecule has 1 N–H and O–H groups in total. The van der Waals surface area contributed by atoms with Gasteiger partial charge in [0.15, 0.2) is 0 Å². The molecule has 2 rings (SSSR count). The minimum atomic E-state index is 0.832. The maximum absolute atomic E-state index is 4.40. The van der Waals surface area contributed by atoms with Crippen molar-refractivity contribution in [2.75, 3.05) is 11.9 Å². The van der Waals surface area contributed by atoms with Gasteiger partial charge in [-0.3, -0.25) is 0 Å². The number of fused-ring (bicyclic) bond motifs is 1. The van der Waals surface area contributed by atoms with Crippen molar-refractivity contribution in [1.29, 1.82) is 0 Å². The first kappa shape index (κ1) is 9.40. The fourth-order valence-electron chi connectivity index (χ4n) is 1.34. The van der Waals surface area contributed by atoms with E-state index in [0.717, 1.165) is 34.8 Å². The number of rotatable bonds is 3. The molecule has 0 fully saturated rings. The average Bonchev–Trinajstić information content (AvgIpc) is 2.61. The number of hydrogen-bond donors (Lipinski definition) is 1. The van der Waals surface area contributed by atoms with E-state index >= 15 is 0 Å². The molecule has 0 aliphatic rings. The summed E-state index contributed by atoms with van der Waals surface area (Å²) in [6, 6.07) is 2.07. The molecule has 0 aliphatic heterocycles. The van der Waals surface area contributed by atoms with Gasteiger partial charge in [-0.05, 0) is 24.8 Å². The maximum Gasteiger partial charge on any atom is 0.138 e. The zero-order valence-corrected chi connectivity index (χ0v) is 9.19. The topological polar surface area (TPSA) is 37.8 Å².